The molecule has 1 aromatic carbocycles. The SMILES string of the molecule is CO[C@H]1C[C@@H](C(=O)N(CC23CCC(c4nc(C(C)(C)C)no4)(CC2)CC3)c2cccc(-c3nc(C4CC4)no3)c2)C1. The van der Waals surface area contributed by atoms with Crippen molar-refractivity contribution in [2.45, 2.75) is 108 Å². The first-order chi connectivity index (χ1) is 19.7. The smallest absolute Gasteiger partial charge is 0.258 e. The minimum absolute atomic E-state index is 0.00892. The van der Waals surface area contributed by atoms with Crippen LogP contribution in [0.15, 0.2) is 33.3 Å². The Hall–Kier alpha value is -3.07. The van der Waals surface area contributed by atoms with E-state index < -0.39 is 0 Å². The summed E-state index contributed by atoms with van der Waals surface area (Å²) in [4.78, 5) is 25.6. The molecule has 0 aliphatic heterocycles. The van der Waals surface area contributed by atoms with Crippen LogP contribution in [0.1, 0.15) is 108 Å². The van der Waals surface area contributed by atoms with Crippen molar-refractivity contribution in [1.82, 2.24) is 20.3 Å². The fraction of sp³-hybridized carbons (Fsp3) is 0.656. The lowest BCUT2D eigenvalue weighted by molar-refractivity contribution is -0.130. The molecule has 0 atom stereocenters. The topological polar surface area (TPSA) is 107 Å². The van der Waals surface area contributed by atoms with Crippen LogP contribution in [0.2, 0.25) is 0 Å². The van der Waals surface area contributed by atoms with Gasteiger partial charge in [-0.3, -0.25) is 4.79 Å². The van der Waals surface area contributed by atoms with Gasteiger partial charge in [0, 0.05) is 47.6 Å². The van der Waals surface area contributed by atoms with Crippen molar-refractivity contribution in [2.75, 3.05) is 18.6 Å². The molecule has 2 bridgehead atoms. The van der Waals surface area contributed by atoms with Crippen molar-refractivity contribution in [3.63, 3.8) is 0 Å². The highest BCUT2D eigenvalue weighted by Crippen LogP contribution is 2.58. The standard InChI is InChI=1S/C32H41N5O4/c1-30(2,3)28-34-29(41-36-28)32-13-10-31(11-14-32,12-15-32)19-37(27(38)22-17-24(18-22)39-4)23-7-5-6-21(16-23)26-33-25(35-40-26)20-8-9-20/h5-7,16,20,22,24H,8-15,17-19H2,1-4H3/t22-,24+,31?,32?. The number of rotatable bonds is 8. The van der Waals surface area contributed by atoms with Gasteiger partial charge in [0.25, 0.3) is 5.89 Å². The van der Waals surface area contributed by atoms with Crippen molar-refractivity contribution in [3.8, 4) is 11.5 Å². The molecule has 2 heterocycles. The average molecular weight is 560 g/mol. The highest BCUT2D eigenvalue weighted by molar-refractivity contribution is 5.96. The molecule has 2 aromatic heterocycles. The Bertz CT molecular complexity index is 1400. The number of hydrogen-bond donors (Lipinski definition) is 0. The second-order valence-corrected chi connectivity index (χ2v) is 14.2. The van der Waals surface area contributed by atoms with Crippen molar-refractivity contribution in [1.29, 1.82) is 0 Å². The third kappa shape index (κ3) is 4.90. The fourth-order valence-corrected chi connectivity index (χ4v) is 7.04. The van der Waals surface area contributed by atoms with E-state index >= 15 is 0 Å². The van der Waals surface area contributed by atoms with Gasteiger partial charge in [-0.1, -0.05) is 37.2 Å². The summed E-state index contributed by atoms with van der Waals surface area (Å²) in [7, 11) is 1.73. The van der Waals surface area contributed by atoms with Crippen molar-refractivity contribution in [2.24, 2.45) is 11.3 Å². The molecule has 9 heteroatoms. The molecule has 5 aliphatic rings. The van der Waals surface area contributed by atoms with Gasteiger partial charge in [0.05, 0.1) is 6.10 Å². The molecule has 8 rings (SSSR count). The van der Waals surface area contributed by atoms with Gasteiger partial charge in [0.1, 0.15) is 0 Å². The Labute approximate surface area is 241 Å². The maximum atomic E-state index is 14.0. The molecule has 3 aromatic rings. The summed E-state index contributed by atoms with van der Waals surface area (Å²) in [6.07, 6.45) is 10.2. The Morgan fingerprint density at radius 3 is 2.39 bits per heavy atom. The molecule has 0 spiro atoms. The van der Waals surface area contributed by atoms with Crippen LogP contribution < -0.4 is 4.90 Å². The maximum absolute atomic E-state index is 14.0. The van der Waals surface area contributed by atoms with E-state index in [1.165, 1.54) is 0 Å². The zero-order chi connectivity index (χ0) is 28.4. The van der Waals surface area contributed by atoms with E-state index in [1.807, 2.05) is 24.3 Å². The number of ether oxygens (including phenoxy) is 1. The molecular formula is C32H41N5O4. The monoisotopic (exact) mass is 559 g/mol. The van der Waals surface area contributed by atoms with E-state index in [2.05, 4.69) is 41.0 Å². The van der Waals surface area contributed by atoms with Gasteiger partial charge < -0.3 is 18.7 Å². The predicted octanol–water partition coefficient (Wildman–Crippen LogP) is 6.34. The first kappa shape index (κ1) is 26.8. The summed E-state index contributed by atoms with van der Waals surface area (Å²) < 4.78 is 17.0. The first-order valence-electron chi connectivity index (χ1n) is 15.3. The molecule has 218 valence electrons. The minimum atomic E-state index is -0.134. The molecule has 5 aliphatic carbocycles. The number of anilines is 1. The number of carbonyl (C=O) groups is 1. The highest BCUT2D eigenvalue weighted by atomic mass is 16.5. The number of hydrogen-bond acceptors (Lipinski definition) is 8. The van der Waals surface area contributed by atoms with Crippen LogP contribution in [-0.4, -0.2) is 45.9 Å². The highest BCUT2D eigenvalue weighted by Gasteiger charge is 2.53. The number of aromatic nitrogens is 4. The number of carbonyl (C=O) groups excluding carboxylic acids is 1. The maximum Gasteiger partial charge on any atom is 0.258 e. The van der Waals surface area contributed by atoms with Crippen LogP contribution in [0.4, 0.5) is 5.69 Å². The van der Waals surface area contributed by atoms with Crippen LogP contribution in [0, 0.1) is 11.3 Å². The molecule has 5 saturated carbocycles. The van der Waals surface area contributed by atoms with Crippen LogP contribution >= 0.6 is 0 Å². The largest absolute Gasteiger partial charge is 0.381 e. The Kier molecular flexibility index (Phi) is 6.37. The Morgan fingerprint density at radius 1 is 1.02 bits per heavy atom. The second-order valence-electron chi connectivity index (χ2n) is 14.2. The lowest BCUT2D eigenvalue weighted by Crippen LogP contribution is -2.53. The van der Waals surface area contributed by atoms with Gasteiger partial charge in [0.2, 0.25) is 11.8 Å². The molecule has 0 saturated heterocycles. The van der Waals surface area contributed by atoms with Gasteiger partial charge in [-0.15, -0.1) is 0 Å². The average Bonchev–Trinajstić information content (AvgIpc) is 3.44. The number of amides is 1. The molecule has 1 amide bonds. The fourth-order valence-electron chi connectivity index (χ4n) is 7.04. The third-order valence-corrected chi connectivity index (χ3v) is 10.3. The zero-order valence-corrected chi connectivity index (χ0v) is 24.7. The second kappa shape index (κ2) is 9.75. The lowest BCUT2D eigenvalue weighted by Gasteiger charge is -2.53. The molecule has 41 heavy (non-hydrogen) atoms. The zero-order valence-electron chi connectivity index (χ0n) is 24.7. The molecule has 0 N–H and O–H groups in total. The number of fused-ring (bicyclic) bond motifs is 3. The summed E-state index contributed by atoms with van der Waals surface area (Å²) in [5, 5.41) is 8.54. The Balaban J connectivity index is 1.13. The van der Waals surface area contributed by atoms with E-state index in [9.17, 15) is 4.79 Å². The van der Waals surface area contributed by atoms with Crippen molar-refractivity contribution in [3.05, 3.63) is 41.8 Å². The van der Waals surface area contributed by atoms with Crippen molar-refractivity contribution >= 4 is 11.6 Å². The van der Waals surface area contributed by atoms with Gasteiger partial charge >= 0.3 is 0 Å². The summed E-state index contributed by atoms with van der Waals surface area (Å²) >= 11 is 0. The third-order valence-electron chi connectivity index (χ3n) is 10.3. The van der Waals surface area contributed by atoms with Gasteiger partial charge in [-0.2, -0.15) is 9.97 Å². The van der Waals surface area contributed by atoms with Gasteiger partial charge in [0.15, 0.2) is 11.6 Å². The van der Waals surface area contributed by atoms with Gasteiger partial charge in [-0.05, 0) is 87.8 Å². The van der Waals surface area contributed by atoms with Crippen LogP contribution in [0.3, 0.4) is 0 Å². The van der Waals surface area contributed by atoms with E-state index in [4.69, 9.17) is 18.8 Å². The Morgan fingerprint density at radius 2 is 1.76 bits per heavy atom. The van der Waals surface area contributed by atoms with E-state index in [0.29, 0.717) is 18.4 Å². The van der Waals surface area contributed by atoms with Crippen LogP contribution in [0.25, 0.3) is 11.5 Å². The van der Waals surface area contributed by atoms with E-state index in [1.54, 1.807) is 7.11 Å². The van der Waals surface area contributed by atoms with E-state index in [-0.39, 0.29) is 34.2 Å². The molecule has 5 fully saturated rings. The van der Waals surface area contributed by atoms with Crippen LogP contribution in [0.5, 0.6) is 0 Å². The lowest BCUT2D eigenvalue weighted by atomic mass is 9.53. The number of nitrogens with zero attached hydrogens (tertiary/aromatic N) is 5. The predicted molar refractivity (Wildman–Crippen MR) is 152 cm³/mol. The van der Waals surface area contributed by atoms with Crippen molar-refractivity contribution < 1.29 is 18.6 Å². The summed E-state index contributed by atoms with van der Waals surface area (Å²) in [5.74, 6) is 3.52. The molecule has 0 radical (unpaired) electrons. The molecule has 9 nitrogen and oxygen atoms in total. The first-order valence-corrected chi connectivity index (χ1v) is 15.3. The van der Waals surface area contributed by atoms with Gasteiger partial charge in [-0.25, -0.2) is 0 Å². The minimum Gasteiger partial charge on any atom is -0.381 e. The molecule has 0 unspecified atom stereocenters. The number of benzene rings is 1. The summed E-state index contributed by atoms with van der Waals surface area (Å²) in [6, 6.07) is 8.08. The van der Waals surface area contributed by atoms with Crippen LogP contribution in [-0.2, 0) is 20.4 Å². The normalized spacial score (nSPS) is 29.4. The summed E-state index contributed by atoms with van der Waals surface area (Å²) in [5.41, 5.74) is 1.67. The summed E-state index contributed by atoms with van der Waals surface area (Å²) in [6.45, 7) is 7.07. The van der Waals surface area contributed by atoms with E-state index in [0.717, 1.165) is 93.0 Å². The quantitative estimate of drug-likeness (QED) is 0.314. The molecular weight excluding hydrogens is 518 g/mol. The number of methoxy groups -OCH3 is 1.